The summed E-state index contributed by atoms with van der Waals surface area (Å²) in [5.41, 5.74) is 0.502. The van der Waals surface area contributed by atoms with Crippen LogP contribution in [-0.4, -0.2) is 42.0 Å². The van der Waals surface area contributed by atoms with Crippen molar-refractivity contribution < 1.29 is 4.79 Å². The Morgan fingerprint density at radius 2 is 1.91 bits per heavy atom. The molecule has 1 fully saturated rings. The van der Waals surface area contributed by atoms with Crippen molar-refractivity contribution in [2.75, 3.05) is 14.1 Å². The predicted octanol–water partition coefficient (Wildman–Crippen LogP) is 2.84. The lowest BCUT2D eigenvalue weighted by atomic mass is 9.89. The molecule has 0 bridgehead atoms. The molecule has 0 radical (unpaired) electrons. The van der Waals surface area contributed by atoms with E-state index in [0.29, 0.717) is 11.7 Å². The maximum Gasteiger partial charge on any atom is 0.270 e. The molecule has 1 amide bonds. The molecular weight excluding hydrogens is 274 g/mol. The van der Waals surface area contributed by atoms with Gasteiger partial charge in [0, 0.05) is 23.7 Å². The Hall–Kier alpha value is -1.94. The smallest absolute Gasteiger partial charge is 0.270 e. The van der Waals surface area contributed by atoms with Crippen LogP contribution in [0.2, 0.25) is 0 Å². The van der Waals surface area contributed by atoms with Gasteiger partial charge in [0.05, 0.1) is 0 Å². The molecule has 1 aliphatic carbocycles. The molecule has 2 unspecified atom stereocenters. The van der Waals surface area contributed by atoms with E-state index < -0.39 is 0 Å². The monoisotopic (exact) mass is 297 g/mol. The summed E-state index contributed by atoms with van der Waals surface area (Å²) >= 11 is 0. The van der Waals surface area contributed by atoms with Gasteiger partial charge in [-0.3, -0.25) is 9.78 Å². The van der Waals surface area contributed by atoms with Gasteiger partial charge in [-0.1, -0.05) is 37.1 Å². The highest BCUT2D eigenvalue weighted by Gasteiger charge is 2.28. The highest BCUT2D eigenvalue weighted by molar-refractivity contribution is 5.96. The molecule has 1 aromatic carbocycles. The highest BCUT2D eigenvalue weighted by atomic mass is 16.1. The first-order valence-corrected chi connectivity index (χ1v) is 7.97. The largest absolute Gasteiger partial charge is 0.346 e. The molecule has 4 heteroatoms. The minimum atomic E-state index is -0.0653. The van der Waals surface area contributed by atoms with E-state index in [4.69, 9.17) is 0 Å². The van der Waals surface area contributed by atoms with Gasteiger partial charge in [0.2, 0.25) is 0 Å². The van der Waals surface area contributed by atoms with E-state index in [1.165, 1.54) is 12.8 Å². The molecule has 2 aromatic rings. The maximum absolute atomic E-state index is 12.5. The van der Waals surface area contributed by atoms with Crippen LogP contribution in [0.5, 0.6) is 0 Å². The summed E-state index contributed by atoms with van der Waals surface area (Å²) in [5, 5.41) is 5.30. The molecule has 4 nitrogen and oxygen atoms in total. The summed E-state index contributed by atoms with van der Waals surface area (Å²) in [4.78, 5) is 19.1. The lowest BCUT2D eigenvalue weighted by Gasteiger charge is -2.36. The van der Waals surface area contributed by atoms with Crippen LogP contribution >= 0.6 is 0 Å². The van der Waals surface area contributed by atoms with E-state index in [0.717, 1.165) is 23.6 Å². The van der Waals surface area contributed by atoms with Crippen molar-refractivity contribution in [2.24, 2.45) is 0 Å². The van der Waals surface area contributed by atoms with Crippen LogP contribution in [0.4, 0.5) is 0 Å². The number of carbonyl (C=O) groups is 1. The summed E-state index contributed by atoms with van der Waals surface area (Å²) < 4.78 is 0. The normalized spacial score (nSPS) is 22.0. The first kappa shape index (κ1) is 15.0. The number of nitrogens with zero attached hydrogens (tertiary/aromatic N) is 2. The summed E-state index contributed by atoms with van der Waals surface area (Å²) in [5.74, 6) is -0.0653. The van der Waals surface area contributed by atoms with E-state index in [1.807, 2.05) is 30.3 Å². The number of amides is 1. The lowest BCUT2D eigenvalue weighted by Crippen LogP contribution is -2.51. The molecule has 2 atom stereocenters. The summed E-state index contributed by atoms with van der Waals surface area (Å²) in [6.45, 7) is 0. The van der Waals surface area contributed by atoms with Crippen LogP contribution in [0, 0.1) is 0 Å². The number of rotatable bonds is 3. The van der Waals surface area contributed by atoms with Gasteiger partial charge in [0.1, 0.15) is 5.69 Å². The van der Waals surface area contributed by atoms with Crippen LogP contribution < -0.4 is 5.32 Å². The molecule has 1 heterocycles. The van der Waals surface area contributed by atoms with Crippen molar-refractivity contribution in [2.45, 2.75) is 37.8 Å². The number of hydrogen-bond acceptors (Lipinski definition) is 3. The summed E-state index contributed by atoms with van der Waals surface area (Å²) in [6.07, 6.45) is 6.38. The minimum absolute atomic E-state index is 0.0653. The molecule has 0 aliphatic heterocycles. The third-order valence-electron chi connectivity index (χ3n) is 4.57. The van der Waals surface area contributed by atoms with Crippen LogP contribution in [0.3, 0.4) is 0 Å². The first-order valence-electron chi connectivity index (χ1n) is 7.97. The van der Waals surface area contributed by atoms with Crippen molar-refractivity contribution in [3.05, 3.63) is 42.2 Å². The van der Waals surface area contributed by atoms with Gasteiger partial charge in [-0.05, 0) is 38.4 Å². The number of aromatic nitrogens is 1. The minimum Gasteiger partial charge on any atom is -0.346 e. The second kappa shape index (κ2) is 6.44. The average Bonchev–Trinajstić information content (AvgIpc) is 2.54. The van der Waals surface area contributed by atoms with Crippen LogP contribution in [-0.2, 0) is 0 Å². The van der Waals surface area contributed by atoms with Crippen molar-refractivity contribution in [3.8, 4) is 0 Å². The molecule has 3 rings (SSSR count). The highest BCUT2D eigenvalue weighted by Crippen LogP contribution is 2.22. The fraction of sp³-hybridized carbons (Fsp3) is 0.444. The van der Waals surface area contributed by atoms with Crippen LogP contribution in [0.15, 0.2) is 36.5 Å². The van der Waals surface area contributed by atoms with E-state index in [1.54, 1.807) is 6.20 Å². The first-order chi connectivity index (χ1) is 10.6. The molecule has 1 N–H and O–H groups in total. The second-order valence-electron chi connectivity index (χ2n) is 6.31. The third-order valence-corrected chi connectivity index (χ3v) is 4.57. The standard InChI is InChI=1S/C18H23N3O/c1-21(2)17-10-6-5-9-15(17)20-18(22)16-11-13-7-3-4-8-14(13)12-19-16/h3-4,7-8,11-12,15,17H,5-6,9-10H2,1-2H3,(H,20,22). The van der Waals surface area contributed by atoms with Crippen molar-refractivity contribution in [1.29, 1.82) is 0 Å². The third kappa shape index (κ3) is 3.12. The molecule has 0 saturated heterocycles. The van der Waals surface area contributed by atoms with Gasteiger partial charge in [-0.25, -0.2) is 0 Å². The zero-order valence-electron chi connectivity index (χ0n) is 13.2. The van der Waals surface area contributed by atoms with Crippen molar-refractivity contribution in [1.82, 2.24) is 15.2 Å². The topological polar surface area (TPSA) is 45.2 Å². The number of nitrogens with one attached hydrogen (secondary N) is 1. The van der Waals surface area contributed by atoms with E-state index in [-0.39, 0.29) is 11.9 Å². The lowest BCUT2D eigenvalue weighted by molar-refractivity contribution is 0.0878. The molecular formula is C18H23N3O. The SMILES string of the molecule is CN(C)C1CCCCC1NC(=O)c1cc2ccccc2cn1. The Morgan fingerprint density at radius 1 is 1.18 bits per heavy atom. The molecule has 22 heavy (non-hydrogen) atoms. The number of pyridine rings is 1. The Bertz CT molecular complexity index is 668. The number of carbonyl (C=O) groups excluding carboxylic acids is 1. The molecule has 1 aliphatic rings. The van der Waals surface area contributed by atoms with Gasteiger partial charge in [-0.2, -0.15) is 0 Å². The Labute approximate surface area is 131 Å². The number of benzene rings is 1. The van der Waals surface area contributed by atoms with E-state index in [2.05, 4.69) is 29.3 Å². The fourth-order valence-electron chi connectivity index (χ4n) is 3.35. The van der Waals surface area contributed by atoms with Gasteiger partial charge in [0.25, 0.3) is 5.91 Å². The number of likely N-dealkylation sites (N-methyl/N-ethyl adjacent to an activating group) is 1. The Morgan fingerprint density at radius 3 is 2.68 bits per heavy atom. The van der Waals surface area contributed by atoms with Gasteiger partial charge in [0.15, 0.2) is 0 Å². The van der Waals surface area contributed by atoms with Crippen LogP contribution in [0.1, 0.15) is 36.2 Å². The summed E-state index contributed by atoms with van der Waals surface area (Å²) in [7, 11) is 4.17. The zero-order valence-corrected chi connectivity index (χ0v) is 13.2. The van der Waals surface area contributed by atoms with E-state index in [9.17, 15) is 4.79 Å². The zero-order chi connectivity index (χ0) is 15.5. The second-order valence-corrected chi connectivity index (χ2v) is 6.31. The van der Waals surface area contributed by atoms with Gasteiger partial charge in [-0.15, -0.1) is 0 Å². The Balaban J connectivity index is 1.77. The molecule has 116 valence electrons. The molecule has 1 saturated carbocycles. The predicted molar refractivity (Wildman–Crippen MR) is 88.9 cm³/mol. The molecule has 0 spiro atoms. The average molecular weight is 297 g/mol. The molecule has 1 aromatic heterocycles. The van der Waals surface area contributed by atoms with Crippen molar-refractivity contribution >= 4 is 16.7 Å². The Kier molecular flexibility index (Phi) is 4.39. The van der Waals surface area contributed by atoms with E-state index >= 15 is 0 Å². The number of fused-ring (bicyclic) bond motifs is 1. The summed E-state index contributed by atoms with van der Waals surface area (Å²) in [6, 6.07) is 10.5. The number of hydrogen-bond donors (Lipinski definition) is 1. The van der Waals surface area contributed by atoms with Crippen LogP contribution in [0.25, 0.3) is 10.8 Å². The quantitative estimate of drug-likeness (QED) is 0.947. The van der Waals surface area contributed by atoms with Gasteiger partial charge >= 0.3 is 0 Å². The maximum atomic E-state index is 12.5. The fourth-order valence-corrected chi connectivity index (χ4v) is 3.35. The van der Waals surface area contributed by atoms with Gasteiger partial charge < -0.3 is 10.2 Å². The van der Waals surface area contributed by atoms with Crippen molar-refractivity contribution in [3.63, 3.8) is 0 Å².